The molecule has 1 saturated heterocycles. The number of hydrogen-bond donors (Lipinski definition) is 1. The Morgan fingerprint density at radius 2 is 1.75 bits per heavy atom. The maximum Gasteiger partial charge on any atom is 0.227 e. The van der Waals surface area contributed by atoms with Gasteiger partial charge in [0.15, 0.2) is 0 Å². The second-order valence-corrected chi connectivity index (χ2v) is 8.28. The van der Waals surface area contributed by atoms with Crippen molar-refractivity contribution in [2.75, 3.05) is 36.5 Å². The van der Waals surface area contributed by atoms with Gasteiger partial charge < -0.3 is 19.7 Å². The van der Waals surface area contributed by atoms with Crippen LogP contribution in [0, 0.1) is 5.92 Å². The molecule has 1 saturated carbocycles. The molecule has 0 spiro atoms. The number of aromatic nitrogens is 3. The van der Waals surface area contributed by atoms with Gasteiger partial charge in [0.1, 0.15) is 11.3 Å². The first-order valence-corrected chi connectivity index (χ1v) is 11.2. The van der Waals surface area contributed by atoms with Gasteiger partial charge in [-0.1, -0.05) is 0 Å². The standard InChI is InChI=1S/C24H27N5O3/c30-24(28-18-5-7-25-8-6-18)17-1-3-20(4-2-17)32-22-16-19(29-11-13-31-14-12-29)15-21-23(22)27-10-9-26-21/h5-10,15-17,20H,1-4,11-14H2,(H,25,28,30). The summed E-state index contributed by atoms with van der Waals surface area (Å²) in [5.74, 6) is 0.835. The molecule has 166 valence electrons. The van der Waals surface area contributed by atoms with E-state index < -0.39 is 0 Å². The first kappa shape index (κ1) is 20.6. The summed E-state index contributed by atoms with van der Waals surface area (Å²) in [5.41, 5.74) is 3.48. The molecule has 0 unspecified atom stereocenters. The van der Waals surface area contributed by atoms with Gasteiger partial charge in [0.25, 0.3) is 0 Å². The van der Waals surface area contributed by atoms with Gasteiger partial charge in [-0.25, -0.2) is 4.98 Å². The van der Waals surface area contributed by atoms with Crippen LogP contribution >= 0.6 is 0 Å². The van der Waals surface area contributed by atoms with Gasteiger partial charge in [0.05, 0.1) is 24.8 Å². The number of carbonyl (C=O) groups excluding carboxylic acids is 1. The molecule has 0 radical (unpaired) electrons. The third kappa shape index (κ3) is 4.65. The molecule has 0 atom stereocenters. The van der Waals surface area contributed by atoms with Gasteiger partial charge in [-0.05, 0) is 43.9 Å². The van der Waals surface area contributed by atoms with Crippen molar-refractivity contribution in [1.82, 2.24) is 15.0 Å². The number of ether oxygens (including phenoxy) is 2. The Labute approximate surface area is 187 Å². The number of fused-ring (bicyclic) bond motifs is 1. The van der Waals surface area contributed by atoms with Crippen LogP contribution in [0.3, 0.4) is 0 Å². The Morgan fingerprint density at radius 3 is 2.53 bits per heavy atom. The third-order valence-electron chi connectivity index (χ3n) is 6.19. The van der Waals surface area contributed by atoms with E-state index in [1.807, 2.05) is 0 Å². The van der Waals surface area contributed by atoms with Gasteiger partial charge in [0.2, 0.25) is 5.91 Å². The second-order valence-electron chi connectivity index (χ2n) is 8.28. The van der Waals surface area contributed by atoms with E-state index in [0.29, 0.717) is 0 Å². The zero-order valence-corrected chi connectivity index (χ0v) is 17.9. The number of rotatable bonds is 5. The van der Waals surface area contributed by atoms with Crippen molar-refractivity contribution in [2.45, 2.75) is 31.8 Å². The molecule has 2 fully saturated rings. The Bertz CT molecular complexity index is 1060. The van der Waals surface area contributed by atoms with Crippen LogP contribution in [0.5, 0.6) is 5.75 Å². The van der Waals surface area contributed by atoms with Crippen LogP contribution in [-0.4, -0.2) is 53.3 Å². The van der Waals surface area contributed by atoms with E-state index >= 15 is 0 Å². The zero-order valence-electron chi connectivity index (χ0n) is 17.9. The topological polar surface area (TPSA) is 89.5 Å². The molecule has 32 heavy (non-hydrogen) atoms. The van der Waals surface area contributed by atoms with Crippen LogP contribution in [0.1, 0.15) is 25.7 Å². The number of hydrogen-bond acceptors (Lipinski definition) is 7. The van der Waals surface area contributed by atoms with E-state index in [0.717, 1.165) is 80.1 Å². The van der Waals surface area contributed by atoms with Gasteiger partial charge in [-0.3, -0.25) is 14.8 Å². The highest BCUT2D eigenvalue weighted by atomic mass is 16.5. The maximum absolute atomic E-state index is 12.6. The van der Waals surface area contributed by atoms with Crippen molar-refractivity contribution in [3.05, 3.63) is 49.1 Å². The van der Waals surface area contributed by atoms with Gasteiger partial charge in [0, 0.05) is 61.2 Å². The Kier molecular flexibility index (Phi) is 6.11. The Morgan fingerprint density at radius 1 is 1.00 bits per heavy atom. The SMILES string of the molecule is O=C(Nc1ccncc1)C1CCC(Oc2cc(N3CCOCC3)cc3nccnc23)CC1. The predicted octanol–water partition coefficient (Wildman–Crippen LogP) is 3.44. The number of nitrogens with zero attached hydrogens (tertiary/aromatic N) is 4. The smallest absolute Gasteiger partial charge is 0.227 e. The molecule has 0 bridgehead atoms. The van der Waals surface area contributed by atoms with Gasteiger partial charge >= 0.3 is 0 Å². The van der Waals surface area contributed by atoms with Crippen molar-refractivity contribution in [3.8, 4) is 5.75 Å². The number of benzene rings is 1. The predicted molar refractivity (Wildman–Crippen MR) is 122 cm³/mol. The number of anilines is 2. The highest BCUT2D eigenvalue weighted by molar-refractivity contribution is 5.92. The average molecular weight is 434 g/mol. The lowest BCUT2D eigenvalue weighted by molar-refractivity contribution is -0.121. The molecule has 8 heteroatoms. The summed E-state index contributed by atoms with van der Waals surface area (Å²) in [6.45, 7) is 3.15. The van der Waals surface area contributed by atoms with Gasteiger partial charge in [-0.15, -0.1) is 0 Å². The van der Waals surface area contributed by atoms with Crippen molar-refractivity contribution < 1.29 is 14.3 Å². The summed E-state index contributed by atoms with van der Waals surface area (Å²) in [4.78, 5) is 27.9. The molecule has 1 aliphatic heterocycles. The van der Waals surface area contributed by atoms with Crippen LogP contribution in [0.15, 0.2) is 49.1 Å². The normalized spacial score (nSPS) is 21.3. The number of amides is 1. The first-order chi connectivity index (χ1) is 15.8. The lowest BCUT2D eigenvalue weighted by atomic mass is 9.86. The molecule has 2 aliphatic rings. The van der Waals surface area contributed by atoms with E-state index in [2.05, 4.69) is 37.3 Å². The molecule has 1 aromatic carbocycles. The van der Waals surface area contributed by atoms with Crippen LogP contribution < -0.4 is 15.0 Å². The Hall–Kier alpha value is -3.26. The molecule has 8 nitrogen and oxygen atoms in total. The van der Waals surface area contributed by atoms with Crippen molar-refractivity contribution >= 4 is 28.3 Å². The number of carbonyl (C=O) groups is 1. The fourth-order valence-corrected chi connectivity index (χ4v) is 4.42. The molecular weight excluding hydrogens is 406 g/mol. The molecule has 2 aromatic heterocycles. The van der Waals surface area contributed by atoms with Crippen molar-refractivity contribution in [3.63, 3.8) is 0 Å². The number of morpholine rings is 1. The van der Waals surface area contributed by atoms with Crippen LogP contribution in [0.2, 0.25) is 0 Å². The number of nitrogens with one attached hydrogen (secondary N) is 1. The Balaban J connectivity index is 1.26. The summed E-state index contributed by atoms with van der Waals surface area (Å²) in [6.07, 6.45) is 10.1. The first-order valence-electron chi connectivity index (χ1n) is 11.2. The van der Waals surface area contributed by atoms with E-state index in [1.165, 1.54) is 0 Å². The summed E-state index contributed by atoms with van der Waals surface area (Å²) in [6, 6.07) is 7.76. The lowest BCUT2D eigenvalue weighted by Gasteiger charge is -2.31. The minimum atomic E-state index is -0.000708. The second kappa shape index (κ2) is 9.48. The summed E-state index contributed by atoms with van der Waals surface area (Å²) < 4.78 is 11.9. The highest BCUT2D eigenvalue weighted by Crippen LogP contribution is 2.34. The van der Waals surface area contributed by atoms with E-state index in [9.17, 15) is 4.79 Å². The minimum absolute atomic E-state index is 0.000708. The molecule has 1 N–H and O–H groups in total. The fraction of sp³-hybridized carbons (Fsp3) is 0.417. The van der Waals surface area contributed by atoms with Gasteiger partial charge in [-0.2, -0.15) is 0 Å². The molecule has 1 aliphatic carbocycles. The summed E-state index contributed by atoms with van der Waals surface area (Å²) in [7, 11) is 0. The monoisotopic (exact) mass is 433 g/mol. The molecule has 1 amide bonds. The average Bonchev–Trinajstić information content (AvgIpc) is 2.85. The van der Waals surface area contributed by atoms with Crippen LogP contribution in [-0.2, 0) is 9.53 Å². The zero-order chi connectivity index (χ0) is 21.8. The van der Waals surface area contributed by atoms with E-state index in [1.54, 1.807) is 36.9 Å². The molecule has 3 aromatic rings. The molecular formula is C24H27N5O3. The van der Waals surface area contributed by atoms with Crippen molar-refractivity contribution in [2.24, 2.45) is 5.92 Å². The third-order valence-corrected chi connectivity index (χ3v) is 6.19. The maximum atomic E-state index is 12.6. The van der Waals surface area contributed by atoms with Crippen molar-refractivity contribution in [1.29, 1.82) is 0 Å². The summed E-state index contributed by atoms with van der Waals surface area (Å²) in [5, 5.41) is 2.99. The quantitative estimate of drug-likeness (QED) is 0.659. The highest BCUT2D eigenvalue weighted by Gasteiger charge is 2.28. The molecule has 5 rings (SSSR count). The largest absolute Gasteiger partial charge is 0.488 e. The van der Waals surface area contributed by atoms with Crippen LogP contribution in [0.25, 0.3) is 11.0 Å². The summed E-state index contributed by atoms with van der Waals surface area (Å²) >= 11 is 0. The lowest BCUT2D eigenvalue weighted by Crippen LogP contribution is -2.36. The molecule has 3 heterocycles. The minimum Gasteiger partial charge on any atom is -0.488 e. The number of pyridine rings is 1. The van der Waals surface area contributed by atoms with E-state index in [4.69, 9.17) is 9.47 Å². The van der Waals surface area contributed by atoms with E-state index in [-0.39, 0.29) is 17.9 Å². The van der Waals surface area contributed by atoms with Crippen LogP contribution in [0.4, 0.5) is 11.4 Å². The fourth-order valence-electron chi connectivity index (χ4n) is 4.42.